The number of nitrogens with zero attached hydrogens (tertiary/aromatic N) is 1. The second kappa shape index (κ2) is 7.25. The number of nitrogens with one attached hydrogen (secondary N) is 1. The fraction of sp³-hybridized carbons (Fsp3) is 0.250. The maximum Gasteiger partial charge on any atom is 0.344 e. The van der Waals surface area contributed by atoms with Crippen molar-refractivity contribution in [1.82, 2.24) is 0 Å². The Kier molecular flexibility index (Phi) is 4.93. The van der Waals surface area contributed by atoms with Crippen LogP contribution >= 0.6 is 27.7 Å². The van der Waals surface area contributed by atoms with E-state index in [2.05, 4.69) is 21.2 Å². The number of hydrogen-bond acceptors (Lipinski definition) is 5. The zero-order chi connectivity index (χ0) is 19.9. The molecule has 0 spiro atoms. The van der Waals surface area contributed by atoms with E-state index in [0.717, 1.165) is 20.6 Å². The lowest BCUT2D eigenvalue weighted by Crippen LogP contribution is -2.48. The molecule has 144 valence electrons. The van der Waals surface area contributed by atoms with Gasteiger partial charge in [0, 0.05) is 27.9 Å². The summed E-state index contributed by atoms with van der Waals surface area (Å²) in [5.74, 6) is -1.11. The van der Waals surface area contributed by atoms with E-state index in [1.54, 1.807) is 12.1 Å². The Morgan fingerprint density at radius 2 is 2.07 bits per heavy atom. The Morgan fingerprint density at radius 3 is 2.86 bits per heavy atom. The first-order valence-electron chi connectivity index (χ1n) is 8.75. The molecular formula is C20H17BrN2O4S. The smallest absolute Gasteiger partial charge is 0.344 e. The lowest BCUT2D eigenvalue weighted by molar-refractivity contribution is -0.149. The first-order valence-corrected chi connectivity index (χ1v) is 10.4. The fourth-order valence-corrected chi connectivity index (χ4v) is 5.17. The molecule has 1 unspecified atom stereocenters. The Labute approximate surface area is 174 Å². The number of hydrogen-bond donors (Lipinski definition) is 1. The van der Waals surface area contributed by atoms with Crippen LogP contribution in [0.25, 0.3) is 0 Å². The standard InChI is InChI=1S/C20H17BrN2O4S/c1-12-6-7-13(10-14(12)21)22-17(24)11-27-19(26)20-9-8-18(25)23(20)15-4-2-3-5-16(15)28-20/h2-7,10H,8-9,11H2,1H3,(H,22,24). The molecule has 2 heterocycles. The summed E-state index contributed by atoms with van der Waals surface area (Å²) < 4.78 is 6.20. The fourth-order valence-electron chi connectivity index (χ4n) is 3.38. The number of aryl methyl sites for hydroxylation is 1. The van der Waals surface area contributed by atoms with Gasteiger partial charge >= 0.3 is 5.97 Å². The van der Waals surface area contributed by atoms with E-state index >= 15 is 0 Å². The number of amides is 2. The van der Waals surface area contributed by atoms with Crippen molar-refractivity contribution < 1.29 is 19.1 Å². The van der Waals surface area contributed by atoms with Gasteiger partial charge in [0.15, 0.2) is 11.5 Å². The van der Waals surface area contributed by atoms with Crippen molar-refractivity contribution >= 4 is 56.9 Å². The molecule has 2 aromatic rings. The van der Waals surface area contributed by atoms with Gasteiger partial charge in [0.2, 0.25) is 5.91 Å². The predicted molar refractivity (Wildman–Crippen MR) is 110 cm³/mol. The molecule has 1 saturated heterocycles. The molecular weight excluding hydrogens is 444 g/mol. The zero-order valence-corrected chi connectivity index (χ0v) is 17.4. The highest BCUT2D eigenvalue weighted by atomic mass is 79.9. The molecule has 2 aliphatic heterocycles. The van der Waals surface area contributed by atoms with Crippen molar-refractivity contribution in [1.29, 1.82) is 0 Å². The molecule has 28 heavy (non-hydrogen) atoms. The van der Waals surface area contributed by atoms with E-state index in [1.165, 1.54) is 16.7 Å². The Morgan fingerprint density at radius 1 is 1.29 bits per heavy atom. The number of halogens is 1. The van der Waals surface area contributed by atoms with Crippen molar-refractivity contribution in [3.8, 4) is 0 Å². The van der Waals surface area contributed by atoms with Crippen molar-refractivity contribution in [3.05, 3.63) is 52.5 Å². The average molecular weight is 461 g/mol. The number of benzene rings is 2. The molecule has 4 rings (SSSR count). The van der Waals surface area contributed by atoms with Crippen LogP contribution in [0.2, 0.25) is 0 Å². The maximum atomic E-state index is 12.9. The first kappa shape index (κ1) is 19.0. The summed E-state index contributed by atoms with van der Waals surface area (Å²) in [5, 5.41) is 2.71. The van der Waals surface area contributed by atoms with E-state index < -0.39 is 23.4 Å². The van der Waals surface area contributed by atoms with Crippen LogP contribution in [0.15, 0.2) is 51.8 Å². The number of rotatable bonds is 4. The van der Waals surface area contributed by atoms with Crippen LogP contribution in [0.4, 0.5) is 11.4 Å². The third-order valence-electron chi connectivity index (χ3n) is 4.78. The van der Waals surface area contributed by atoms with Gasteiger partial charge in [-0.3, -0.25) is 14.5 Å². The molecule has 2 amide bonds. The molecule has 0 saturated carbocycles. The summed E-state index contributed by atoms with van der Waals surface area (Å²) >= 11 is 4.73. The summed E-state index contributed by atoms with van der Waals surface area (Å²) in [4.78, 5) is 38.8. The summed E-state index contributed by atoms with van der Waals surface area (Å²) in [6, 6.07) is 12.8. The van der Waals surface area contributed by atoms with Crippen LogP contribution in [-0.2, 0) is 19.1 Å². The SMILES string of the molecule is Cc1ccc(NC(=O)COC(=O)C23CCC(=O)N2c2ccccc2S3)cc1Br. The molecule has 0 aromatic heterocycles. The molecule has 1 N–H and O–H groups in total. The molecule has 0 bridgehead atoms. The number of esters is 1. The Bertz CT molecular complexity index is 996. The predicted octanol–water partition coefficient (Wildman–Crippen LogP) is 3.87. The van der Waals surface area contributed by atoms with E-state index in [1.807, 2.05) is 37.3 Å². The van der Waals surface area contributed by atoms with Gasteiger partial charge in [0.25, 0.3) is 5.91 Å². The first-order chi connectivity index (χ1) is 13.4. The largest absolute Gasteiger partial charge is 0.453 e. The molecule has 8 heteroatoms. The van der Waals surface area contributed by atoms with Crippen LogP contribution in [0.1, 0.15) is 18.4 Å². The van der Waals surface area contributed by atoms with Gasteiger partial charge in [0.1, 0.15) is 0 Å². The third-order valence-corrected chi connectivity index (χ3v) is 7.09. The number of carbonyl (C=O) groups excluding carboxylic acids is 3. The highest BCUT2D eigenvalue weighted by molar-refractivity contribution is 9.10. The minimum atomic E-state index is -1.12. The van der Waals surface area contributed by atoms with Gasteiger partial charge in [-0.25, -0.2) is 4.79 Å². The zero-order valence-electron chi connectivity index (χ0n) is 15.0. The number of carbonyl (C=O) groups is 3. The maximum absolute atomic E-state index is 12.9. The molecule has 2 aromatic carbocycles. The number of thioether (sulfide) groups is 1. The van der Waals surface area contributed by atoms with Crippen molar-refractivity contribution in [2.45, 2.75) is 29.5 Å². The van der Waals surface area contributed by atoms with Gasteiger partial charge in [0.05, 0.1) is 5.69 Å². The van der Waals surface area contributed by atoms with Crippen LogP contribution in [0, 0.1) is 6.92 Å². The van der Waals surface area contributed by atoms with Crippen LogP contribution in [-0.4, -0.2) is 29.3 Å². The van der Waals surface area contributed by atoms with Gasteiger partial charge < -0.3 is 10.1 Å². The minimum Gasteiger partial charge on any atom is -0.453 e. The summed E-state index contributed by atoms with van der Waals surface area (Å²) in [5.41, 5.74) is 2.38. The second-order valence-corrected chi connectivity index (χ2v) is 8.85. The molecule has 0 radical (unpaired) electrons. The molecule has 1 fully saturated rings. The van der Waals surface area contributed by atoms with Gasteiger partial charge in [-0.05, 0) is 36.8 Å². The van der Waals surface area contributed by atoms with Crippen LogP contribution in [0.3, 0.4) is 0 Å². The summed E-state index contributed by atoms with van der Waals surface area (Å²) in [6.45, 7) is 1.54. The number of anilines is 2. The van der Waals surface area contributed by atoms with E-state index in [4.69, 9.17) is 4.74 Å². The quantitative estimate of drug-likeness (QED) is 0.700. The highest BCUT2D eigenvalue weighted by Crippen LogP contribution is 2.56. The average Bonchev–Trinajstić information content (AvgIpc) is 3.18. The molecule has 1 atom stereocenters. The Balaban J connectivity index is 1.44. The van der Waals surface area contributed by atoms with Crippen LogP contribution in [0.5, 0.6) is 0 Å². The van der Waals surface area contributed by atoms with E-state index in [0.29, 0.717) is 12.1 Å². The van der Waals surface area contributed by atoms with Gasteiger partial charge in [-0.1, -0.05) is 45.9 Å². The molecule has 2 aliphatic rings. The van der Waals surface area contributed by atoms with Gasteiger partial charge in [-0.2, -0.15) is 0 Å². The van der Waals surface area contributed by atoms with E-state index in [-0.39, 0.29) is 12.3 Å². The number of fused-ring (bicyclic) bond motifs is 3. The number of para-hydroxylation sites is 1. The lowest BCUT2D eigenvalue weighted by atomic mass is 10.2. The lowest BCUT2D eigenvalue weighted by Gasteiger charge is -2.28. The van der Waals surface area contributed by atoms with Crippen molar-refractivity contribution in [2.24, 2.45) is 0 Å². The highest BCUT2D eigenvalue weighted by Gasteiger charge is 2.58. The number of ether oxygens (including phenoxy) is 1. The molecule has 0 aliphatic carbocycles. The summed E-state index contributed by atoms with van der Waals surface area (Å²) in [7, 11) is 0. The topological polar surface area (TPSA) is 75.7 Å². The normalized spacial score (nSPS) is 19.9. The van der Waals surface area contributed by atoms with Crippen LogP contribution < -0.4 is 10.2 Å². The Hall–Kier alpha value is -2.32. The minimum absolute atomic E-state index is 0.108. The monoisotopic (exact) mass is 460 g/mol. The van der Waals surface area contributed by atoms with Gasteiger partial charge in [-0.15, -0.1) is 0 Å². The van der Waals surface area contributed by atoms with E-state index in [9.17, 15) is 14.4 Å². The van der Waals surface area contributed by atoms with Crippen molar-refractivity contribution in [3.63, 3.8) is 0 Å². The van der Waals surface area contributed by atoms with Crippen molar-refractivity contribution in [2.75, 3.05) is 16.8 Å². The second-order valence-electron chi connectivity index (χ2n) is 6.67. The molecule has 6 nitrogen and oxygen atoms in total. The summed E-state index contributed by atoms with van der Waals surface area (Å²) in [6.07, 6.45) is 0.635. The third kappa shape index (κ3) is 3.20.